The molecule has 3 aromatic heterocycles. The first kappa shape index (κ1) is 15.9. The fourth-order valence-corrected chi connectivity index (χ4v) is 5.29. The maximum Gasteiger partial charge on any atom is 0.209 e. The van der Waals surface area contributed by atoms with Gasteiger partial charge in [-0.25, -0.2) is 4.98 Å². The Morgan fingerprint density at radius 2 is 2.04 bits per heavy atom. The largest absolute Gasteiger partial charge is 0.469 e. The molecule has 138 valence electrons. The molecule has 0 amide bonds. The average Bonchev–Trinajstić information content (AvgIpc) is 3.46. The van der Waals surface area contributed by atoms with Crippen LogP contribution in [0.25, 0.3) is 11.0 Å². The third-order valence-electron chi connectivity index (χ3n) is 5.66. The third kappa shape index (κ3) is 2.24. The van der Waals surface area contributed by atoms with Crippen LogP contribution in [0.4, 0.5) is 5.95 Å². The fourth-order valence-electron chi connectivity index (χ4n) is 4.47. The van der Waals surface area contributed by atoms with E-state index >= 15 is 0 Å². The van der Waals surface area contributed by atoms with Crippen molar-refractivity contribution < 1.29 is 9.21 Å². The van der Waals surface area contributed by atoms with Crippen LogP contribution in [0.1, 0.15) is 35.4 Å². The van der Waals surface area contributed by atoms with Crippen LogP contribution in [0.2, 0.25) is 0 Å². The first-order valence-electron chi connectivity index (χ1n) is 9.36. The lowest BCUT2D eigenvalue weighted by atomic mass is 9.80. The zero-order valence-electron chi connectivity index (χ0n) is 15.0. The number of para-hydroxylation sites is 2. The molecule has 0 spiro atoms. The highest BCUT2D eigenvalue weighted by Gasteiger charge is 2.40. The highest BCUT2D eigenvalue weighted by molar-refractivity contribution is 7.10. The fraction of sp³-hybridized carbons (Fsp3) is 0.182. The van der Waals surface area contributed by atoms with E-state index in [1.165, 1.54) is 0 Å². The van der Waals surface area contributed by atoms with Crippen molar-refractivity contribution in [3.8, 4) is 0 Å². The number of carbonyl (C=O) groups excluding carboxylic acids is 1. The van der Waals surface area contributed by atoms with Gasteiger partial charge in [0.2, 0.25) is 5.95 Å². The Hall–Kier alpha value is -3.12. The number of rotatable bonds is 2. The van der Waals surface area contributed by atoms with Crippen LogP contribution >= 0.6 is 11.3 Å². The Morgan fingerprint density at radius 3 is 2.86 bits per heavy atom. The van der Waals surface area contributed by atoms with Gasteiger partial charge < -0.3 is 9.73 Å². The molecule has 0 fully saturated rings. The van der Waals surface area contributed by atoms with Crippen LogP contribution in [0.3, 0.4) is 0 Å². The van der Waals surface area contributed by atoms with E-state index in [9.17, 15) is 4.79 Å². The molecule has 4 aromatic rings. The molecule has 1 aliphatic carbocycles. The molecule has 2 atom stereocenters. The van der Waals surface area contributed by atoms with Gasteiger partial charge in [0.1, 0.15) is 11.8 Å². The van der Waals surface area contributed by atoms with Gasteiger partial charge in [-0.15, -0.1) is 11.3 Å². The lowest BCUT2D eigenvalue weighted by molar-refractivity contribution is -0.116. The molecule has 0 bridgehead atoms. The van der Waals surface area contributed by atoms with Gasteiger partial charge >= 0.3 is 0 Å². The summed E-state index contributed by atoms with van der Waals surface area (Å²) in [7, 11) is 0. The summed E-state index contributed by atoms with van der Waals surface area (Å²) in [5.74, 6) is 1.91. The van der Waals surface area contributed by atoms with Crippen LogP contribution < -0.4 is 5.32 Å². The molecule has 2 aliphatic rings. The summed E-state index contributed by atoms with van der Waals surface area (Å²) in [6.45, 7) is 0. The molecule has 4 heterocycles. The Labute approximate surface area is 165 Å². The van der Waals surface area contributed by atoms with Crippen molar-refractivity contribution in [3.05, 3.63) is 82.1 Å². The number of nitrogens with one attached hydrogen (secondary N) is 1. The lowest BCUT2D eigenvalue weighted by Crippen LogP contribution is -2.32. The van der Waals surface area contributed by atoms with Gasteiger partial charge in [0, 0.05) is 28.5 Å². The highest BCUT2D eigenvalue weighted by atomic mass is 32.1. The maximum atomic E-state index is 13.3. The molecule has 1 aliphatic heterocycles. The van der Waals surface area contributed by atoms with E-state index in [-0.39, 0.29) is 17.7 Å². The molecule has 1 aromatic carbocycles. The van der Waals surface area contributed by atoms with Crippen molar-refractivity contribution >= 4 is 34.1 Å². The first-order valence-corrected chi connectivity index (χ1v) is 10.2. The van der Waals surface area contributed by atoms with Crippen molar-refractivity contribution in [2.45, 2.75) is 24.8 Å². The van der Waals surface area contributed by atoms with Crippen LogP contribution in [0.5, 0.6) is 0 Å². The van der Waals surface area contributed by atoms with Gasteiger partial charge in [-0.3, -0.25) is 9.36 Å². The number of ketones is 1. The van der Waals surface area contributed by atoms with E-state index in [1.807, 2.05) is 36.4 Å². The quantitative estimate of drug-likeness (QED) is 0.519. The van der Waals surface area contributed by atoms with E-state index < -0.39 is 0 Å². The van der Waals surface area contributed by atoms with Crippen molar-refractivity contribution in [1.82, 2.24) is 9.55 Å². The number of Topliss-reactive ketones (excluding diaryl/α,β-unsaturated/α-hetero) is 1. The average molecular weight is 387 g/mol. The van der Waals surface area contributed by atoms with E-state index in [1.54, 1.807) is 17.6 Å². The predicted molar refractivity (Wildman–Crippen MR) is 109 cm³/mol. The second kappa shape index (κ2) is 5.94. The summed E-state index contributed by atoms with van der Waals surface area (Å²) >= 11 is 1.68. The van der Waals surface area contributed by atoms with Crippen LogP contribution in [0.15, 0.2) is 75.9 Å². The predicted octanol–water partition coefficient (Wildman–Crippen LogP) is 5.11. The number of hydrogen-bond donors (Lipinski definition) is 1. The molecule has 5 nitrogen and oxygen atoms in total. The highest BCUT2D eigenvalue weighted by Crippen LogP contribution is 2.46. The summed E-state index contributed by atoms with van der Waals surface area (Å²) in [6, 6.07) is 15.9. The number of allylic oxidation sites excluding steroid dienone is 2. The summed E-state index contributed by atoms with van der Waals surface area (Å²) in [6.07, 6.45) is 2.89. The normalized spacial score (nSPS) is 21.5. The SMILES string of the molecule is O=C1CC(c2ccco2)CC2=C1C(c1cccs1)n1c(nc3ccccc31)N2. The smallest absolute Gasteiger partial charge is 0.209 e. The number of benzene rings is 1. The van der Waals surface area contributed by atoms with Gasteiger partial charge in [-0.1, -0.05) is 18.2 Å². The molecule has 6 heteroatoms. The Kier molecular flexibility index (Phi) is 3.37. The molecule has 0 saturated heterocycles. The van der Waals surface area contributed by atoms with Crippen molar-refractivity contribution in [2.75, 3.05) is 5.32 Å². The van der Waals surface area contributed by atoms with Crippen molar-refractivity contribution in [2.24, 2.45) is 0 Å². The zero-order chi connectivity index (χ0) is 18.7. The number of nitrogens with zero attached hydrogens (tertiary/aromatic N) is 2. The number of aromatic nitrogens is 2. The number of anilines is 1. The van der Waals surface area contributed by atoms with Crippen LogP contribution in [0, 0.1) is 0 Å². The summed E-state index contributed by atoms with van der Waals surface area (Å²) in [4.78, 5) is 19.3. The summed E-state index contributed by atoms with van der Waals surface area (Å²) in [5.41, 5.74) is 3.80. The van der Waals surface area contributed by atoms with E-state index in [4.69, 9.17) is 9.40 Å². The minimum atomic E-state index is -0.135. The number of thiophene rings is 1. The molecule has 6 rings (SSSR count). The van der Waals surface area contributed by atoms with Crippen LogP contribution in [-0.2, 0) is 4.79 Å². The second-order valence-corrected chi connectivity index (χ2v) is 8.25. The minimum absolute atomic E-state index is 0.0636. The number of fused-ring (bicyclic) bond motifs is 3. The van der Waals surface area contributed by atoms with Crippen molar-refractivity contribution in [1.29, 1.82) is 0 Å². The number of hydrogen-bond acceptors (Lipinski definition) is 5. The summed E-state index contributed by atoms with van der Waals surface area (Å²) < 4.78 is 7.77. The number of carbonyl (C=O) groups is 1. The first-order chi connectivity index (χ1) is 13.8. The standard InChI is InChI=1S/C22H17N3O2S/c26-17-12-13(18-7-3-9-27-18)11-15-20(17)21(19-8-4-10-28-19)25-16-6-2-1-5-14(16)23-22(25)24-15/h1-10,13,21H,11-12H2,(H,23,24). The van der Waals surface area contributed by atoms with E-state index in [0.29, 0.717) is 6.42 Å². The minimum Gasteiger partial charge on any atom is -0.469 e. The molecular weight excluding hydrogens is 370 g/mol. The lowest BCUT2D eigenvalue weighted by Gasteiger charge is -2.35. The van der Waals surface area contributed by atoms with Gasteiger partial charge in [-0.2, -0.15) is 0 Å². The Bertz CT molecular complexity index is 1220. The molecule has 0 radical (unpaired) electrons. The van der Waals surface area contributed by atoms with Gasteiger partial charge in [-0.05, 0) is 42.1 Å². The molecule has 2 unspecified atom stereocenters. The van der Waals surface area contributed by atoms with Gasteiger partial charge in [0.15, 0.2) is 5.78 Å². The van der Waals surface area contributed by atoms with Gasteiger partial charge in [0.25, 0.3) is 0 Å². The van der Waals surface area contributed by atoms with Crippen molar-refractivity contribution in [3.63, 3.8) is 0 Å². The Morgan fingerprint density at radius 1 is 1.11 bits per heavy atom. The number of imidazole rings is 1. The molecule has 1 N–H and O–H groups in total. The second-order valence-electron chi connectivity index (χ2n) is 7.27. The monoisotopic (exact) mass is 387 g/mol. The molecule has 28 heavy (non-hydrogen) atoms. The number of furan rings is 1. The summed E-state index contributed by atoms with van der Waals surface area (Å²) in [5, 5.41) is 5.54. The van der Waals surface area contributed by atoms with E-state index in [0.717, 1.165) is 45.3 Å². The van der Waals surface area contributed by atoms with Gasteiger partial charge in [0.05, 0.1) is 17.3 Å². The Balaban J connectivity index is 1.55. The molecular formula is C22H17N3O2S. The molecule has 0 saturated carbocycles. The maximum absolute atomic E-state index is 13.3. The van der Waals surface area contributed by atoms with Crippen LogP contribution in [-0.4, -0.2) is 15.3 Å². The third-order valence-corrected chi connectivity index (χ3v) is 6.58. The van der Waals surface area contributed by atoms with E-state index in [2.05, 4.69) is 27.4 Å². The zero-order valence-corrected chi connectivity index (χ0v) is 15.8. The topological polar surface area (TPSA) is 60.1 Å².